The Hall–Kier alpha value is -1.82. The van der Waals surface area contributed by atoms with Gasteiger partial charge in [-0.25, -0.2) is 9.78 Å². The summed E-state index contributed by atoms with van der Waals surface area (Å²) in [6.45, 7) is 0. The number of hydrogen-bond acceptors (Lipinski definition) is 4. The van der Waals surface area contributed by atoms with Crippen LogP contribution in [0.2, 0.25) is 0 Å². The molecule has 0 spiro atoms. The number of fused-ring (bicyclic) bond motifs is 1. The van der Waals surface area contributed by atoms with Gasteiger partial charge in [-0.15, -0.1) is 0 Å². The molecular weight excluding hydrogens is 250 g/mol. The number of aromatic nitrogens is 1. The second-order valence-corrected chi connectivity index (χ2v) is 5.48. The minimum atomic E-state index is -0.946. The Bertz CT molecular complexity index is 544. The zero-order valence-electron chi connectivity index (χ0n) is 9.59. The van der Waals surface area contributed by atoms with E-state index in [0.29, 0.717) is 6.04 Å². The highest BCUT2D eigenvalue weighted by Crippen LogP contribution is 2.29. The van der Waals surface area contributed by atoms with E-state index in [0.717, 1.165) is 23.5 Å². The lowest BCUT2D eigenvalue weighted by Gasteiger charge is -2.35. The van der Waals surface area contributed by atoms with Crippen molar-refractivity contribution in [2.45, 2.75) is 24.9 Å². The average molecular weight is 263 g/mol. The molecule has 1 aliphatic carbocycles. The Balaban J connectivity index is 1.59. The van der Waals surface area contributed by atoms with Crippen molar-refractivity contribution < 1.29 is 9.90 Å². The lowest BCUT2D eigenvalue weighted by atomic mass is 9.87. The SMILES string of the molecule is O=C(O)N[C@H]1C[C@H](Nc2nc3ccccc3s2)C1. The fourth-order valence-electron chi connectivity index (χ4n) is 2.14. The van der Waals surface area contributed by atoms with E-state index in [1.165, 1.54) is 4.70 Å². The standard InChI is InChI=1S/C12H13N3O2S/c16-12(17)14-8-5-7(6-8)13-11-15-9-3-1-2-4-10(9)18-11/h1-4,7-8,14H,5-6H2,(H,13,15)(H,16,17)/t7-,8-. The smallest absolute Gasteiger partial charge is 0.404 e. The summed E-state index contributed by atoms with van der Waals surface area (Å²) in [6.07, 6.45) is 0.697. The maximum absolute atomic E-state index is 10.4. The summed E-state index contributed by atoms with van der Waals surface area (Å²) < 4.78 is 1.17. The molecule has 0 aliphatic heterocycles. The summed E-state index contributed by atoms with van der Waals surface area (Å²) in [7, 11) is 0. The van der Waals surface area contributed by atoms with E-state index in [-0.39, 0.29) is 6.04 Å². The molecule has 0 bridgehead atoms. The second kappa shape index (κ2) is 4.45. The first-order valence-corrected chi connectivity index (χ1v) is 6.64. The van der Waals surface area contributed by atoms with E-state index in [2.05, 4.69) is 15.6 Å². The Morgan fingerprint density at radius 1 is 1.33 bits per heavy atom. The van der Waals surface area contributed by atoms with Gasteiger partial charge in [-0.2, -0.15) is 0 Å². The molecule has 0 saturated heterocycles. The number of rotatable bonds is 3. The van der Waals surface area contributed by atoms with Crippen molar-refractivity contribution in [3.63, 3.8) is 0 Å². The quantitative estimate of drug-likeness (QED) is 0.795. The van der Waals surface area contributed by atoms with Gasteiger partial charge < -0.3 is 15.7 Å². The van der Waals surface area contributed by atoms with Crippen LogP contribution in [0.5, 0.6) is 0 Å². The van der Waals surface area contributed by atoms with Crippen LogP contribution in [0.15, 0.2) is 24.3 Å². The third-order valence-corrected chi connectivity index (χ3v) is 4.05. The third kappa shape index (κ3) is 2.24. The maximum atomic E-state index is 10.4. The number of anilines is 1. The van der Waals surface area contributed by atoms with Crippen molar-refractivity contribution >= 4 is 32.8 Å². The zero-order chi connectivity index (χ0) is 12.5. The van der Waals surface area contributed by atoms with Gasteiger partial charge in [-0.3, -0.25) is 0 Å². The van der Waals surface area contributed by atoms with Gasteiger partial charge in [0.15, 0.2) is 5.13 Å². The highest BCUT2D eigenvalue weighted by Gasteiger charge is 2.30. The van der Waals surface area contributed by atoms with Crippen LogP contribution in [0.3, 0.4) is 0 Å². The van der Waals surface area contributed by atoms with Gasteiger partial charge in [0.25, 0.3) is 0 Å². The molecule has 1 heterocycles. The van der Waals surface area contributed by atoms with Crippen molar-refractivity contribution in [3.8, 4) is 0 Å². The summed E-state index contributed by atoms with van der Waals surface area (Å²) in [5.41, 5.74) is 1.00. The van der Waals surface area contributed by atoms with E-state index in [4.69, 9.17) is 5.11 Å². The molecular formula is C12H13N3O2S. The number of para-hydroxylation sites is 1. The largest absolute Gasteiger partial charge is 0.465 e. The summed E-state index contributed by atoms with van der Waals surface area (Å²) in [6, 6.07) is 8.42. The summed E-state index contributed by atoms with van der Waals surface area (Å²) in [4.78, 5) is 14.9. The van der Waals surface area contributed by atoms with Gasteiger partial charge in [-0.05, 0) is 25.0 Å². The number of carbonyl (C=O) groups is 1. The molecule has 2 aromatic rings. The molecule has 0 atom stereocenters. The molecule has 3 N–H and O–H groups in total. The summed E-state index contributed by atoms with van der Waals surface area (Å²) >= 11 is 1.63. The number of nitrogens with one attached hydrogen (secondary N) is 2. The second-order valence-electron chi connectivity index (χ2n) is 4.45. The maximum Gasteiger partial charge on any atom is 0.404 e. The number of hydrogen-bond donors (Lipinski definition) is 3. The van der Waals surface area contributed by atoms with Crippen molar-refractivity contribution in [1.82, 2.24) is 10.3 Å². The van der Waals surface area contributed by atoms with Crippen molar-refractivity contribution in [2.24, 2.45) is 0 Å². The van der Waals surface area contributed by atoms with Gasteiger partial charge >= 0.3 is 6.09 Å². The number of carboxylic acid groups (broad SMARTS) is 1. The Morgan fingerprint density at radius 3 is 2.83 bits per heavy atom. The first kappa shape index (κ1) is 11.3. The Kier molecular flexibility index (Phi) is 2.79. The van der Waals surface area contributed by atoms with Gasteiger partial charge in [0.1, 0.15) is 0 Å². The van der Waals surface area contributed by atoms with E-state index in [1.807, 2.05) is 24.3 Å². The molecule has 1 saturated carbocycles. The van der Waals surface area contributed by atoms with Crippen molar-refractivity contribution in [1.29, 1.82) is 0 Å². The monoisotopic (exact) mass is 263 g/mol. The molecule has 94 valence electrons. The molecule has 18 heavy (non-hydrogen) atoms. The fraction of sp³-hybridized carbons (Fsp3) is 0.333. The predicted molar refractivity (Wildman–Crippen MR) is 71.2 cm³/mol. The van der Waals surface area contributed by atoms with Crippen LogP contribution in [0.25, 0.3) is 10.2 Å². The zero-order valence-corrected chi connectivity index (χ0v) is 10.4. The lowest BCUT2D eigenvalue weighted by Crippen LogP contribution is -2.49. The van der Waals surface area contributed by atoms with Gasteiger partial charge in [0.2, 0.25) is 0 Å². The average Bonchev–Trinajstić information content (AvgIpc) is 2.67. The van der Waals surface area contributed by atoms with Gasteiger partial charge in [0, 0.05) is 12.1 Å². The number of nitrogens with zero attached hydrogens (tertiary/aromatic N) is 1. The van der Waals surface area contributed by atoms with Crippen LogP contribution in [0.4, 0.5) is 9.93 Å². The van der Waals surface area contributed by atoms with E-state index in [9.17, 15) is 4.79 Å². The molecule has 0 unspecified atom stereocenters. The van der Waals surface area contributed by atoms with E-state index in [1.54, 1.807) is 11.3 Å². The summed E-state index contributed by atoms with van der Waals surface area (Å²) in [5, 5.41) is 15.3. The molecule has 3 rings (SSSR count). The predicted octanol–water partition coefficient (Wildman–Crippen LogP) is 2.51. The third-order valence-electron chi connectivity index (χ3n) is 3.09. The van der Waals surface area contributed by atoms with Crippen LogP contribution >= 0.6 is 11.3 Å². The molecule has 1 aliphatic rings. The van der Waals surface area contributed by atoms with Gasteiger partial charge in [0.05, 0.1) is 10.2 Å². The topological polar surface area (TPSA) is 74.2 Å². The van der Waals surface area contributed by atoms with E-state index < -0.39 is 6.09 Å². The highest BCUT2D eigenvalue weighted by atomic mass is 32.1. The van der Waals surface area contributed by atoms with Crippen LogP contribution in [0.1, 0.15) is 12.8 Å². The van der Waals surface area contributed by atoms with Crippen LogP contribution < -0.4 is 10.6 Å². The number of benzene rings is 1. The number of amides is 1. The van der Waals surface area contributed by atoms with Crippen LogP contribution in [-0.4, -0.2) is 28.3 Å². The Morgan fingerprint density at radius 2 is 2.11 bits per heavy atom. The summed E-state index contributed by atoms with van der Waals surface area (Å²) in [5.74, 6) is 0. The fourth-order valence-corrected chi connectivity index (χ4v) is 3.08. The van der Waals surface area contributed by atoms with Crippen molar-refractivity contribution in [2.75, 3.05) is 5.32 Å². The highest BCUT2D eigenvalue weighted by molar-refractivity contribution is 7.22. The Labute approximate surface area is 108 Å². The normalized spacial score (nSPS) is 22.4. The van der Waals surface area contributed by atoms with Crippen molar-refractivity contribution in [3.05, 3.63) is 24.3 Å². The van der Waals surface area contributed by atoms with Crippen LogP contribution in [0, 0.1) is 0 Å². The molecule has 1 amide bonds. The molecule has 6 heteroatoms. The molecule has 0 radical (unpaired) electrons. The first-order chi connectivity index (χ1) is 8.70. The molecule has 5 nitrogen and oxygen atoms in total. The van der Waals surface area contributed by atoms with E-state index >= 15 is 0 Å². The first-order valence-electron chi connectivity index (χ1n) is 5.82. The number of thiazole rings is 1. The minimum absolute atomic E-state index is 0.0781. The molecule has 1 aromatic carbocycles. The van der Waals surface area contributed by atoms with Gasteiger partial charge in [-0.1, -0.05) is 23.5 Å². The lowest BCUT2D eigenvalue weighted by molar-refractivity contribution is 0.180. The minimum Gasteiger partial charge on any atom is -0.465 e. The molecule has 1 fully saturated rings. The molecule has 1 aromatic heterocycles. The van der Waals surface area contributed by atoms with Crippen LogP contribution in [-0.2, 0) is 0 Å².